The maximum absolute atomic E-state index is 13.1. The molecular formula is C18H17FN4O2S. The molecule has 1 N–H and O–H groups in total. The Labute approximate surface area is 153 Å². The number of carbonyl (C=O) groups excluding carboxylic acids is 1. The number of thiophene rings is 1. The zero-order valence-electron chi connectivity index (χ0n) is 13.9. The van der Waals surface area contributed by atoms with E-state index in [1.165, 1.54) is 17.0 Å². The quantitative estimate of drug-likeness (QED) is 0.748. The molecule has 26 heavy (non-hydrogen) atoms. The van der Waals surface area contributed by atoms with Crippen molar-refractivity contribution < 1.29 is 13.9 Å². The molecule has 0 bridgehead atoms. The molecule has 0 saturated heterocycles. The van der Waals surface area contributed by atoms with Gasteiger partial charge < -0.3 is 10.1 Å². The molecule has 0 aliphatic carbocycles. The van der Waals surface area contributed by atoms with Gasteiger partial charge in [-0.1, -0.05) is 23.4 Å². The first-order valence-electron chi connectivity index (χ1n) is 8.31. The fourth-order valence-corrected chi connectivity index (χ4v) is 3.61. The highest BCUT2D eigenvalue weighted by Gasteiger charge is 2.27. The van der Waals surface area contributed by atoms with Crippen molar-refractivity contribution in [3.05, 3.63) is 69.4 Å². The lowest BCUT2D eigenvalue weighted by molar-refractivity contribution is -0.00180. The smallest absolute Gasteiger partial charge is 0.273 e. The van der Waals surface area contributed by atoms with Crippen molar-refractivity contribution in [1.82, 2.24) is 20.3 Å². The first-order valence-corrected chi connectivity index (χ1v) is 9.18. The Bertz CT molecular complexity index is 893. The van der Waals surface area contributed by atoms with Crippen molar-refractivity contribution in [1.29, 1.82) is 0 Å². The molecule has 4 rings (SSSR count). The van der Waals surface area contributed by atoms with Gasteiger partial charge in [-0.15, -0.1) is 16.4 Å². The number of fused-ring (bicyclic) bond motifs is 1. The van der Waals surface area contributed by atoms with Crippen LogP contribution in [0.3, 0.4) is 0 Å². The summed E-state index contributed by atoms with van der Waals surface area (Å²) in [6.45, 7) is 1.23. The topological polar surface area (TPSA) is 69.0 Å². The Morgan fingerprint density at radius 1 is 1.35 bits per heavy atom. The third-order valence-electron chi connectivity index (χ3n) is 4.29. The van der Waals surface area contributed by atoms with E-state index in [4.69, 9.17) is 4.74 Å². The lowest BCUT2D eigenvalue weighted by atomic mass is 10.1. The van der Waals surface area contributed by atoms with E-state index >= 15 is 0 Å². The highest BCUT2D eigenvalue weighted by Crippen LogP contribution is 2.27. The normalized spacial score (nSPS) is 16.3. The second-order valence-corrected chi connectivity index (χ2v) is 7.04. The minimum absolute atomic E-state index is 0.237. The van der Waals surface area contributed by atoms with Crippen LogP contribution in [-0.4, -0.2) is 27.4 Å². The number of benzene rings is 1. The van der Waals surface area contributed by atoms with Crippen molar-refractivity contribution in [2.24, 2.45) is 0 Å². The molecule has 0 fully saturated rings. The molecule has 1 aliphatic heterocycles. The number of ether oxygens (including phenoxy) is 1. The summed E-state index contributed by atoms with van der Waals surface area (Å²) in [5.74, 6) is -0.529. The highest BCUT2D eigenvalue weighted by atomic mass is 32.1. The number of halogens is 1. The maximum Gasteiger partial charge on any atom is 0.273 e. The van der Waals surface area contributed by atoms with Crippen LogP contribution >= 0.6 is 11.3 Å². The van der Waals surface area contributed by atoms with Crippen molar-refractivity contribution >= 4 is 17.2 Å². The van der Waals surface area contributed by atoms with E-state index in [0.717, 1.165) is 12.0 Å². The molecule has 6 nitrogen and oxygen atoms in total. The van der Waals surface area contributed by atoms with Crippen LogP contribution in [0.25, 0.3) is 0 Å². The summed E-state index contributed by atoms with van der Waals surface area (Å²) in [6, 6.07) is 10.2. The molecule has 1 unspecified atom stereocenters. The Morgan fingerprint density at radius 2 is 2.19 bits per heavy atom. The number of hydrogen-bond donors (Lipinski definition) is 1. The molecule has 3 aromatic rings. The number of amides is 1. The molecule has 1 atom stereocenters. The maximum atomic E-state index is 13.1. The van der Waals surface area contributed by atoms with E-state index in [9.17, 15) is 9.18 Å². The van der Waals surface area contributed by atoms with Gasteiger partial charge in [-0.05, 0) is 35.6 Å². The van der Waals surface area contributed by atoms with Gasteiger partial charge in [0, 0.05) is 11.4 Å². The molecule has 0 radical (unpaired) electrons. The zero-order chi connectivity index (χ0) is 17.9. The first-order chi connectivity index (χ1) is 12.7. The van der Waals surface area contributed by atoms with Gasteiger partial charge in [-0.3, -0.25) is 4.79 Å². The van der Waals surface area contributed by atoms with E-state index in [-0.39, 0.29) is 24.4 Å². The van der Waals surface area contributed by atoms with Crippen LogP contribution in [0.2, 0.25) is 0 Å². The average molecular weight is 372 g/mol. The molecule has 134 valence electrons. The summed E-state index contributed by atoms with van der Waals surface area (Å²) >= 11 is 1.67. The van der Waals surface area contributed by atoms with E-state index in [2.05, 4.69) is 15.6 Å². The minimum Gasteiger partial charge on any atom is -0.365 e. The van der Waals surface area contributed by atoms with E-state index in [0.29, 0.717) is 24.5 Å². The molecule has 1 aliphatic rings. The highest BCUT2D eigenvalue weighted by molar-refractivity contribution is 7.09. The summed E-state index contributed by atoms with van der Waals surface area (Å²) < 4.78 is 20.6. The van der Waals surface area contributed by atoms with Gasteiger partial charge in [0.15, 0.2) is 5.69 Å². The fourth-order valence-electron chi connectivity index (χ4n) is 2.90. The van der Waals surface area contributed by atoms with Crippen LogP contribution in [0, 0.1) is 5.82 Å². The second-order valence-electron chi connectivity index (χ2n) is 6.00. The molecule has 1 amide bonds. The van der Waals surface area contributed by atoms with Crippen molar-refractivity contribution in [2.75, 3.05) is 6.54 Å². The van der Waals surface area contributed by atoms with Crippen LogP contribution in [0.1, 0.15) is 32.7 Å². The van der Waals surface area contributed by atoms with Gasteiger partial charge in [0.05, 0.1) is 18.8 Å². The predicted molar refractivity (Wildman–Crippen MR) is 94.3 cm³/mol. The van der Waals surface area contributed by atoms with Crippen molar-refractivity contribution in [2.45, 2.75) is 25.7 Å². The third-order valence-corrected chi connectivity index (χ3v) is 5.23. The van der Waals surface area contributed by atoms with Crippen molar-refractivity contribution in [3.63, 3.8) is 0 Å². The number of nitrogens with zero attached hydrogens (tertiary/aromatic N) is 3. The Hall–Kier alpha value is -2.58. The summed E-state index contributed by atoms with van der Waals surface area (Å²) in [5.41, 5.74) is 1.83. The zero-order valence-corrected chi connectivity index (χ0v) is 14.7. The Kier molecular flexibility index (Phi) is 4.77. The van der Waals surface area contributed by atoms with E-state index in [1.54, 1.807) is 28.2 Å². The molecule has 0 spiro atoms. The third kappa shape index (κ3) is 3.51. The number of rotatable bonds is 5. The molecule has 8 heteroatoms. The minimum atomic E-state index is -0.285. The molecular weight excluding hydrogens is 355 g/mol. The Balaban J connectivity index is 1.40. The fraction of sp³-hybridized carbons (Fsp3) is 0.278. The average Bonchev–Trinajstić information content (AvgIpc) is 3.31. The number of hydrogen-bond acceptors (Lipinski definition) is 5. The Morgan fingerprint density at radius 3 is 2.96 bits per heavy atom. The molecule has 3 heterocycles. The lowest BCUT2D eigenvalue weighted by Gasteiger charge is -2.24. The van der Waals surface area contributed by atoms with Crippen LogP contribution in [-0.2, 0) is 24.3 Å². The van der Waals surface area contributed by atoms with E-state index in [1.807, 2.05) is 17.5 Å². The first kappa shape index (κ1) is 16.9. The van der Waals surface area contributed by atoms with Crippen LogP contribution in [0.5, 0.6) is 0 Å². The number of nitrogens with one attached hydrogen (secondary N) is 1. The van der Waals surface area contributed by atoms with Gasteiger partial charge in [-0.2, -0.15) is 0 Å². The SMILES string of the molecule is O=C(NCCc1cccs1)c1nnn2c1COC(c1ccc(F)cc1)C2. The largest absolute Gasteiger partial charge is 0.365 e. The van der Waals surface area contributed by atoms with E-state index < -0.39 is 0 Å². The summed E-state index contributed by atoms with van der Waals surface area (Å²) in [5, 5.41) is 13.0. The van der Waals surface area contributed by atoms with Gasteiger partial charge in [0.2, 0.25) is 0 Å². The van der Waals surface area contributed by atoms with Crippen molar-refractivity contribution in [3.8, 4) is 0 Å². The molecule has 1 aromatic carbocycles. The summed E-state index contributed by atoms with van der Waals surface area (Å²) in [7, 11) is 0. The van der Waals surface area contributed by atoms with Gasteiger partial charge in [0.25, 0.3) is 5.91 Å². The molecule has 0 saturated carbocycles. The standard InChI is InChI=1S/C18H17FN4O2S/c19-13-5-3-12(4-6-13)16-10-23-15(11-25-16)17(21-22-23)18(24)20-8-7-14-2-1-9-26-14/h1-6,9,16H,7-8,10-11H2,(H,20,24). The summed E-state index contributed by atoms with van der Waals surface area (Å²) in [4.78, 5) is 13.6. The van der Waals surface area contributed by atoms with Gasteiger partial charge >= 0.3 is 0 Å². The monoisotopic (exact) mass is 372 g/mol. The second kappa shape index (κ2) is 7.35. The predicted octanol–water partition coefficient (Wildman–Crippen LogP) is 2.72. The molecule has 2 aromatic heterocycles. The van der Waals surface area contributed by atoms with Crippen LogP contribution in [0.15, 0.2) is 41.8 Å². The van der Waals surface area contributed by atoms with Crippen LogP contribution in [0.4, 0.5) is 4.39 Å². The van der Waals surface area contributed by atoms with Gasteiger partial charge in [0.1, 0.15) is 11.9 Å². The van der Waals surface area contributed by atoms with Gasteiger partial charge in [-0.25, -0.2) is 9.07 Å². The van der Waals surface area contributed by atoms with Crippen LogP contribution < -0.4 is 5.32 Å². The number of carbonyl (C=O) groups is 1. The number of aromatic nitrogens is 3. The lowest BCUT2D eigenvalue weighted by Crippen LogP contribution is -2.28. The summed E-state index contributed by atoms with van der Waals surface area (Å²) in [6.07, 6.45) is 0.551.